The van der Waals surface area contributed by atoms with Crippen molar-refractivity contribution in [2.75, 3.05) is 6.61 Å². The van der Waals surface area contributed by atoms with Gasteiger partial charge in [0.2, 0.25) is 5.91 Å². The fraction of sp³-hybridized carbons (Fsp3) is 0.818. The van der Waals surface area contributed by atoms with Crippen molar-refractivity contribution in [2.24, 2.45) is 5.92 Å². The summed E-state index contributed by atoms with van der Waals surface area (Å²) in [5, 5.41) is 11.3. The number of ether oxygens (including phenoxy) is 1. The zero-order valence-electron chi connectivity index (χ0n) is 10.3. The molecule has 2 atom stereocenters. The van der Waals surface area contributed by atoms with Crippen LogP contribution in [0.3, 0.4) is 0 Å². The van der Waals surface area contributed by atoms with Crippen LogP contribution in [0.5, 0.6) is 0 Å². The van der Waals surface area contributed by atoms with Crippen molar-refractivity contribution in [3.63, 3.8) is 0 Å². The van der Waals surface area contributed by atoms with Gasteiger partial charge < -0.3 is 15.2 Å². The third kappa shape index (κ3) is 5.70. The number of carboxylic acid groups (broad SMARTS) is 1. The maximum atomic E-state index is 11.4. The monoisotopic (exact) mass is 231 g/mol. The lowest BCUT2D eigenvalue weighted by atomic mass is 10.1. The molecule has 0 rings (SSSR count). The van der Waals surface area contributed by atoms with Crippen molar-refractivity contribution >= 4 is 11.9 Å². The van der Waals surface area contributed by atoms with Gasteiger partial charge in [-0.05, 0) is 19.3 Å². The molecular weight excluding hydrogens is 210 g/mol. The number of aliphatic carboxylic acids is 1. The molecular formula is C11H21NO4. The van der Waals surface area contributed by atoms with E-state index >= 15 is 0 Å². The van der Waals surface area contributed by atoms with E-state index in [2.05, 4.69) is 5.32 Å². The summed E-state index contributed by atoms with van der Waals surface area (Å²) in [4.78, 5) is 22.2. The third-order valence-corrected chi connectivity index (χ3v) is 2.32. The van der Waals surface area contributed by atoms with Gasteiger partial charge in [-0.15, -0.1) is 0 Å². The highest BCUT2D eigenvalue weighted by Crippen LogP contribution is 2.02. The maximum Gasteiger partial charge on any atom is 0.326 e. The van der Waals surface area contributed by atoms with Gasteiger partial charge in [-0.25, -0.2) is 4.79 Å². The molecule has 0 aromatic carbocycles. The summed E-state index contributed by atoms with van der Waals surface area (Å²) in [6, 6.07) is -0.854. The molecule has 0 spiro atoms. The van der Waals surface area contributed by atoms with E-state index in [0.29, 0.717) is 0 Å². The van der Waals surface area contributed by atoms with E-state index < -0.39 is 12.0 Å². The van der Waals surface area contributed by atoms with E-state index in [9.17, 15) is 9.59 Å². The van der Waals surface area contributed by atoms with Crippen molar-refractivity contribution in [1.82, 2.24) is 5.32 Å². The zero-order chi connectivity index (χ0) is 12.7. The summed E-state index contributed by atoms with van der Waals surface area (Å²) in [6.07, 6.45) is 0.827. The molecule has 0 aliphatic rings. The summed E-state index contributed by atoms with van der Waals surface area (Å²) < 4.78 is 5.21. The average molecular weight is 231 g/mol. The average Bonchev–Trinajstić information content (AvgIpc) is 2.21. The molecule has 16 heavy (non-hydrogen) atoms. The molecule has 0 saturated heterocycles. The minimum absolute atomic E-state index is 0.00748. The number of hydrogen-bond acceptors (Lipinski definition) is 3. The molecule has 94 valence electrons. The van der Waals surface area contributed by atoms with Gasteiger partial charge in [0.1, 0.15) is 12.6 Å². The molecule has 0 aromatic heterocycles. The molecule has 0 aliphatic carbocycles. The zero-order valence-corrected chi connectivity index (χ0v) is 10.3. The predicted molar refractivity (Wildman–Crippen MR) is 60.1 cm³/mol. The van der Waals surface area contributed by atoms with E-state index in [1.807, 2.05) is 13.8 Å². The first kappa shape index (κ1) is 14.9. The van der Waals surface area contributed by atoms with Crippen molar-refractivity contribution in [3.8, 4) is 0 Å². The quantitative estimate of drug-likeness (QED) is 0.686. The number of rotatable bonds is 7. The van der Waals surface area contributed by atoms with Crippen molar-refractivity contribution in [3.05, 3.63) is 0 Å². The Morgan fingerprint density at radius 3 is 2.25 bits per heavy atom. The smallest absolute Gasteiger partial charge is 0.326 e. The molecule has 0 aliphatic heterocycles. The Balaban J connectivity index is 4.06. The normalized spacial score (nSPS) is 14.6. The van der Waals surface area contributed by atoms with Gasteiger partial charge in [-0.3, -0.25) is 4.79 Å². The number of amides is 1. The molecule has 0 heterocycles. The summed E-state index contributed by atoms with van der Waals surface area (Å²) in [5.74, 6) is -1.56. The van der Waals surface area contributed by atoms with Crippen LogP contribution in [0, 0.1) is 5.92 Å². The highest BCUT2D eigenvalue weighted by atomic mass is 16.5. The second-order valence-corrected chi connectivity index (χ2v) is 4.16. The van der Waals surface area contributed by atoms with E-state index in [1.165, 1.54) is 0 Å². The van der Waals surface area contributed by atoms with Crippen LogP contribution in [0.25, 0.3) is 0 Å². The number of carbonyl (C=O) groups excluding carboxylic acids is 1. The third-order valence-electron chi connectivity index (χ3n) is 2.32. The molecule has 5 nitrogen and oxygen atoms in total. The lowest BCUT2D eigenvalue weighted by molar-refractivity contribution is -0.144. The van der Waals surface area contributed by atoms with Gasteiger partial charge in [0.15, 0.2) is 0 Å². The summed E-state index contributed by atoms with van der Waals surface area (Å²) in [7, 11) is 0. The van der Waals surface area contributed by atoms with E-state index in [1.54, 1.807) is 13.8 Å². The Morgan fingerprint density at radius 2 is 1.88 bits per heavy atom. The Morgan fingerprint density at radius 1 is 1.31 bits per heavy atom. The van der Waals surface area contributed by atoms with Crippen LogP contribution in [0.15, 0.2) is 0 Å². The number of carbonyl (C=O) groups is 2. The highest BCUT2D eigenvalue weighted by molar-refractivity contribution is 5.84. The number of carboxylic acids is 1. The number of hydrogen-bond donors (Lipinski definition) is 2. The van der Waals surface area contributed by atoms with Gasteiger partial charge >= 0.3 is 5.97 Å². The van der Waals surface area contributed by atoms with Gasteiger partial charge in [0.25, 0.3) is 0 Å². The maximum absolute atomic E-state index is 11.4. The Hall–Kier alpha value is -1.10. The first-order chi connectivity index (χ1) is 7.38. The summed E-state index contributed by atoms with van der Waals surface area (Å²) in [6.45, 7) is 7.22. The molecule has 0 radical (unpaired) electrons. The van der Waals surface area contributed by atoms with Crippen LogP contribution in [-0.2, 0) is 14.3 Å². The summed E-state index contributed by atoms with van der Waals surface area (Å²) >= 11 is 0. The van der Waals surface area contributed by atoms with E-state index in [-0.39, 0.29) is 24.5 Å². The van der Waals surface area contributed by atoms with Crippen molar-refractivity contribution < 1.29 is 19.4 Å². The SMILES string of the molecule is CCC(C)OCC(=O)N[C@H](C(=O)O)C(C)C. The Bertz CT molecular complexity index is 240. The lowest BCUT2D eigenvalue weighted by Gasteiger charge is -2.18. The first-order valence-electron chi connectivity index (χ1n) is 5.52. The van der Waals surface area contributed by atoms with Crippen LogP contribution >= 0.6 is 0 Å². The van der Waals surface area contributed by atoms with Crippen LogP contribution in [0.4, 0.5) is 0 Å². The van der Waals surface area contributed by atoms with Crippen LogP contribution in [0.2, 0.25) is 0 Å². The fourth-order valence-electron chi connectivity index (χ4n) is 1.06. The van der Waals surface area contributed by atoms with E-state index in [0.717, 1.165) is 6.42 Å². The minimum atomic E-state index is -1.02. The highest BCUT2D eigenvalue weighted by Gasteiger charge is 2.23. The predicted octanol–water partition coefficient (Wildman–Crippen LogP) is 1.03. The van der Waals surface area contributed by atoms with Crippen molar-refractivity contribution in [1.29, 1.82) is 0 Å². The molecule has 0 fully saturated rings. The molecule has 5 heteroatoms. The molecule has 0 bridgehead atoms. The van der Waals surface area contributed by atoms with Gasteiger partial charge in [-0.1, -0.05) is 20.8 Å². The van der Waals surface area contributed by atoms with E-state index in [4.69, 9.17) is 9.84 Å². The second kappa shape index (κ2) is 7.22. The second-order valence-electron chi connectivity index (χ2n) is 4.16. The van der Waals surface area contributed by atoms with Crippen LogP contribution in [0.1, 0.15) is 34.1 Å². The first-order valence-corrected chi connectivity index (χ1v) is 5.52. The fourth-order valence-corrected chi connectivity index (χ4v) is 1.06. The van der Waals surface area contributed by atoms with Gasteiger partial charge in [-0.2, -0.15) is 0 Å². The Kier molecular flexibility index (Phi) is 6.72. The molecule has 1 amide bonds. The Labute approximate surface area is 96.2 Å². The summed E-state index contributed by atoms with van der Waals surface area (Å²) in [5.41, 5.74) is 0. The lowest BCUT2D eigenvalue weighted by Crippen LogP contribution is -2.45. The molecule has 0 saturated carbocycles. The topological polar surface area (TPSA) is 75.6 Å². The molecule has 2 N–H and O–H groups in total. The number of nitrogens with one attached hydrogen (secondary N) is 1. The largest absolute Gasteiger partial charge is 0.480 e. The van der Waals surface area contributed by atoms with Crippen LogP contribution < -0.4 is 5.32 Å². The molecule has 0 aromatic rings. The minimum Gasteiger partial charge on any atom is -0.480 e. The molecule has 1 unspecified atom stereocenters. The van der Waals surface area contributed by atoms with Gasteiger partial charge in [0.05, 0.1) is 6.10 Å². The standard InChI is InChI=1S/C11H21NO4/c1-5-8(4)16-6-9(13)12-10(7(2)3)11(14)15/h7-8,10H,5-6H2,1-4H3,(H,12,13)(H,14,15)/t8?,10-/m0/s1. The van der Waals surface area contributed by atoms with Gasteiger partial charge in [0, 0.05) is 0 Å². The van der Waals surface area contributed by atoms with Crippen molar-refractivity contribution in [2.45, 2.75) is 46.3 Å². The van der Waals surface area contributed by atoms with Crippen LogP contribution in [-0.4, -0.2) is 35.7 Å².